The molecule has 0 aliphatic rings. The zero-order chi connectivity index (χ0) is 17.0. The van der Waals surface area contributed by atoms with Crippen molar-refractivity contribution in [3.63, 3.8) is 0 Å². The quantitative estimate of drug-likeness (QED) is 0.656. The Bertz CT molecular complexity index is 597. The van der Waals surface area contributed by atoms with Gasteiger partial charge in [0.2, 0.25) is 5.91 Å². The van der Waals surface area contributed by atoms with Gasteiger partial charge in [-0.15, -0.1) is 0 Å². The zero-order valence-corrected chi connectivity index (χ0v) is 14.3. The van der Waals surface area contributed by atoms with Crippen molar-refractivity contribution >= 4 is 11.6 Å². The molecule has 0 aliphatic carbocycles. The predicted octanol–water partition coefficient (Wildman–Crippen LogP) is 3.64. The molecule has 2 N–H and O–H groups in total. The summed E-state index contributed by atoms with van der Waals surface area (Å²) in [5.41, 5.74) is 2.12. The van der Waals surface area contributed by atoms with Gasteiger partial charge in [-0.25, -0.2) is 0 Å². The summed E-state index contributed by atoms with van der Waals surface area (Å²) in [7, 11) is 0. The summed E-state index contributed by atoms with van der Waals surface area (Å²) in [6.07, 6.45) is 3.01. The third kappa shape index (κ3) is 6.84. The van der Waals surface area contributed by atoms with Gasteiger partial charge in [0.25, 0.3) is 0 Å². The molecule has 0 aromatic heterocycles. The summed E-state index contributed by atoms with van der Waals surface area (Å²) in [6.45, 7) is 3.94. The Morgan fingerprint density at radius 3 is 2.50 bits per heavy atom. The van der Waals surface area contributed by atoms with Crippen molar-refractivity contribution in [2.24, 2.45) is 0 Å². The largest absolute Gasteiger partial charge is 0.494 e. The van der Waals surface area contributed by atoms with Gasteiger partial charge in [-0.2, -0.15) is 0 Å². The summed E-state index contributed by atoms with van der Waals surface area (Å²) in [5.74, 6) is 0.796. The first-order valence-electron chi connectivity index (χ1n) is 8.55. The lowest BCUT2D eigenvalue weighted by Gasteiger charge is -2.09. The lowest BCUT2D eigenvalue weighted by Crippen LogP contribution is -2.28. The molecule has 0 radical (unpaired) electrons. The number of hydrogen-bond acceptors (Lipinski definition) is 3. The standard InChI is InChI=1S/C20H26N2O2/c1-2-14-21-16-20(23)22-18-10-12-19(13-11-18)24-15-6-9-17-7-4-3-5-8-17/h3-5,7-8,10-13,21H,2,6,9,14-16H2,1H3,(H,22,23). The van der Waals surface area contributed by atoms with Crippen LogP contribution in [0.5, 0.6) is 5.75 Å². The molecule has 4 heteroatoms. The Morgan fingerprint density at radius 1 is 1.04 bits per heavy atom. The number of carbonyl (C=O) groups excluding carboxylic acids is 1. The number of carbonyl (C=O) groups is 1. The van der Waals surface area contributed by atoms with Crippen molar-refractivity contribution < 1.29 is 9.53 Å². The van der Waals surface area contributed by atoms with Crippen LogP contribution < -0.4 is 15.4 Å². The maximum absolute atomic E-state index is 11.7. The Balaban J connectivity index is 1.67. The SMILES string of the molecule is CCCNCC(=O)Nc1ccc(OCCCc2ccccc2)cc1. The van der Waals surface area contributed by atoms with Crippen molar-refractivity contribution in [1.29, 1.82) is 0 Å². The van der Waals surface area contributed by atoms with Crippen LogP contribution in [-0.4, -0.2) is 25.6 Å². The number of anilines is 1. The van der Waals surface area contributed by atoms with E-state index in [4.69, 9.17) is 4.74 Å². The highest BCUT2D eigenvalue weighted by atomic mass is 16.5. The molecule has 0 heterocycles. The average Bonchev–Trinajstić information content (AvgIpc) is 2.61. The van der Waals surface area contributed by atoms with Crippen LogP contribution in [0.1, 0.15) is 25.3 Å². The molecular weight excluding hydrogens is 300 g/mol. The van der Waals surface area contributed by atoms with E-state index in [1.54, 1.807) is 0 Å². The maximum atomic E-state index is 11.7. The number of amides is 1. The van der Waals surface area contributed by atoms with E-state index in [0.29, 0.717) is 13.2 Å². The summed E-state index contributed by atoms with van der Waals surface area (Å²) in [4.78, 5) is 11.7. The monoisotopic (exact) mass is 326 g/mol. The van der Waals surface area contributed by atoms with Gasteiger partial charge >= 0.3 is 0 Å². The van der Waals surface area contributed by atoms with Gasteiger partial charge in [0, 0.05) is 5.69 Å². The highest BCUT2D eigenvalue weighted by molar-refractivity contribution is 5.92. The molecule has 24 heavy (non-hydrogen) atoms. The van der Waals surface area contributed by atoms with E-state index < -0.39 is 0 Å². The third-order valence-corrected chi connectivity index (χ3v) is 3.57. The minimum absolute atomic E-state index is 0.0278. The van der Waals surface area contributed by atoms with Gasteiger partial charge < -0.3 is 15.4 Å². The molecule has 0 saturated heterocycles. The van der Waals surface area contributed by atoms with Crippen LogP contribution in [-0.2, 0) is 11.2 Å². The molecule has 0 atom stereocenters. The Kier molecular flexibility index (Phi) is 7.84. The average molecular weight is 326 g/mol. The van der Waals surface area contributed by atoms with Crippen molar-refractivity contribution in [3.05, 3.63) is 60.2 Å². The van der Waals surface area contributed by atoms with Gasteiger partial charge in [0.15, 0.2) is 0 Å². The van der Waals surface area contributed by atoms with E-state index in [9.17, 15) is 4.79 Å². The number of rotatable bonds is 10. The van der Waals surface area contributed by atoms with Crippen LogP contribution in [0.4, 0.5) is 5.69 Å². The fraction of sp³-hybridized carbons (Fsp3) is 0.350. The van der Waals surface area contributed by atoms with Gasteiger partial charge in [0.1, 0.15) is 5.75 Å². The Hall–Kier alpha value is -2.33. The van der Waals surface area contributed by atoms with Crippen LogP contribution in [0, 0.1) is 0 Å². The summed E-state index contributed by atoms with van der Waals surface area (Å²) >= 11 is 0. The van der Waals surface area contributed by atoms with E-state index in [-0.39, 0.29) is 5.91 Å². The van der Waals surface area contributed by atoms with Crippen molar-refractivity contribution in [1.82, 2.24) is 5.32 Å². The predicted molar refractivity (Wildman–Crippen MR) is 98.5 cm³/mol. The molecule has 0 aliphatic heterocycles. The van der Waals surface area contributed by atoms with Gasteiger partial charge in [-0.05, 0) is 55.6 Å². The van der Waals surface area contributed by atoms with E-state index >= 15 is 0 Å². The highest BCUT2D eigenvalue weighted by Gasteiger charge is 2.02. The summed E-state index contributed by atoms with van der Waals surface area (Å²) in [6, 6.07) is 17.9. The Labute approximate surface area is 144 Å². The number of benzene rings is 2. The number of aryl methyl sites for hydroxylation is 1. The molecule has 0 unspecified atom stereocenters. The van der Waals surface area contributed by atoms with E-state index in [1.165, 1.54) is 5.56 Å². The molecule has 0 spiro atoms. The maximum Gasteiger partial charge on any atom is 0.238 e. The number of ether oxygens (including phenoxy) is 1. The van der Waals surface area contributed by atoms with Gasteiger partial charge in [-0.1, -0.05) is 37.3 Å². The van der Waals surface area contributed by atoms with Crippen LogP contribution in [0.25, 0.3) is 0 Å². The van der Waals surface area contributed by atoms with Crippen LogP contribution in [0.15, 0.2) is 54.6 Å². The lowest BCUT2D eigenvalue weighted by atomic mass is 10.1. The van der Waals surface area contributed by atoms with Crippen LogP contribution in [0.2, 0.25) is 0 Å². The topological polar surface area (TPSA) is 50.4 Å². The fourth-order valence-corrected chi connectivity index (χ4v) is 2.33. The van der Waals surface area contributed by atoms with Crippen LogP contribution >= 0.6 is 0 Å². The third-order valence-electron chi connectivity index (χ3n) is 3.57. The highest BCUT2D eigenvalue weighted by Crippen LogP contribution is 2.16. The van der Waals surface area contributed by atoms with E-state index in [2.05, 4.69) is 41.8 Å². The molecule has 2 aromatic rings. The minimum Gasteiger partial charge on any atom is -0.494 e. The number of hydrogen-bond donors (Lipinski definition) is 2. The number of nitrogens with one attached hydrogen (secondary N) is 2. The van der Waals surface area contributed by atoms with E-state index in [0.717, 1.165) is 37.2 Å². The first-order chi connectivity index (χ1) is 11.8. The smallest absolute Gasteiger partial charge is 0.238 e. The molecule has 1 amide bonds. The summed E-state index contributed by atoms with van der Waals surface area (Å²) in [5, 5.41) is 5.94. The van der Waals surface area contributed by atoms with Crippen molar-refractivity contribution in [2.45, 2.75) is 26.2 Å². The molecule has 128 valence electrons. The van der Waals surface area contributed by atoms with Crippen molar-refractivity contribution in [3.8, 4) is 5.75 Å². The minimum atomic E-state index is -0.0278. The normalized spacial score (nSPS) is 10.4. The Morgan fingerprint density at radius 2 is 1.79 bits per heavy atom. The molecule has 2 aromatic carbocycles. The second-order valence-corrected chi connectivity index (χ2v) is 5.69. The first-order valence-corrected chi connectivity index (χ1v) is 8.55. The van der Waals surface area contributed by atoms with Gasteiger partial charge in [0.05, 0.1) is 13.2 Å². The first kappa shape index (κ1) is 18.0. The fourth-order valence-electron chi connectivity index (χ4n) is 2.33. The molecule has 0 fully saturated rings. The second kappa shape index (κ2) is 10.4. The lowest BCUT2D eigenvalue weighted by molar-refractivity contribution is -0.115. The second-order valence-electron chi connectivity index (χ2n) is 5.69. The molecule has 4 nitrogen and oxygen atoms in total. The molecule has 2 rings (SSSR count). The molecular formula is C20H26N2O2. The summed E-state index contributed by atoms with van der Waals surface area (Å²) < 4.78 is 5.74. The van der Waals surface area contributed by atoms with Crippen LogP contribution in [0.3, 0.4) is 0 Å². The van der Waals surface area contributed by atoms with Crippen molar-refractivity contribution in [2.75, 3.05) is 25.0 Å². The molecule has 0 saturated carbocycles. The molecule has 0 bridgehead atoms. The zero-order valence-electron chi connectivity index (χ0n) is 14.3. The van der Waals surface area contributed by atoms with E-state index in [1.807, 2.05) is 30.3 Å². The van der Waals surface area contributed by atoms with Gasteiger partial charge in [-0.3, -0.25) is 4.79 Å².